The molecule has 3 atom stereocenters. The number of piperidine rings is 1. The number of ether oxygens (including phenoxy) is 2. The van der Waals surface area contributed by atoms with Gasteiger partial charge in [0, 0.05) is 19.1 Å². The van der Waals surface area contributed by atoms with Gasteiger partial charge in [-0.1, -0.05) is 30.3 Å². The van der Waals surface area contributed by atoms with Crippen LogP contribution in [0.2, 0.25) is 0 Å². The number of hydrogen-bond acceptors (Lipinski definition) is 4. The molecule has 27 heavy (non-hydrogen) atoms. The van der Waals surface area contributed by atoms with Crippen LogP contribution in [0, 0.1) is 11.8 Å². The Labute approximate surface area is 161 Å². The number of alkyl carbamates (subject to hydrolysis) is 1. The summed E-state index contributed by atoms with van der Waals surface area (Å²) in [7, 11) is 0. The van der Waals surface area contributed by atoms with Crippen LogP contribution >= 0.6 is 0 Å². The first-order valence-electron chi connectivity index (χ1n) is 9.75. The first kappa shape index (κ1) is 19.5. The van der Waals surface area contributed by atoms with Crippen LogP contribution < -0.4 is 5.32 Å². The summed E-state index contributed by atoms with van der Waals surface area (Å²) in [4.78, 5) is 26.2. The third-order valence-electron chi connectivity index (χ3n) is 5.25. The van der Waals surface area contributed by atoms with Crippen LogP contribution in [0.15, 0.2) is 30.3 Å². The lowest BCUT2D eigenvalue weighted by Gasteiger charge is -2.35. The lowest BCUT2D eigenvalue weighted by atomic mass is 9.89. The van der Waals surface area contributed by atoms with Gasteiger partial charge in [0.25, 0.3) is 0 Å². The Bertz CT molecular complexity index is 656. The summed E-state index contributed by atoms with van der Waals surface area (Å²) in [5, 5.41) is 2.99. The van der Waals surface area contributed by atoms with E-state index in [4.69, 9.17) is 9.47 Å². The number of nitrogens with zero attached hydrogens (tertiary/aromatic N) is 1. The molecular formula is C21H30N2O4. The zero-order valence-corrected chi connectivity index (χ0v) is 16.4. The van der Waals surface area contributed by atoms with Crippen LogP contribution in [0.1, 0.15) is 45.6 Å². The van der Waals surface area contributed by atoms with Crippen molar-refractivity contribution in [2.24, 2.45) is 11.8 Å². The molecule has 1 saturated heterocycles. The van der Waals surface area contributed by atoms with Crippen LogP contribution in [-0.2, 0) is 16.1 Å². The molecule has 2 fully saturated rings. The molecule has 1 aromatic carbocycles. The normalized spacial score (nSPS) is 24.9. The first-order chi connectivity index (χ1) is 12.8. The Kier molecular flexibility index (Phi) is 5.92. The number of fused-ring (bicyclic) bond motifs is 1. The highest BCUT2D eigenvalue weighted by Crippen LogP contribution is 2.38. The topological polar surface area (TPSA) is 67.9 Å². The molecule has 2 amide bonds. The average molecular weight is 374 g/mol. The summed E-state index contributed by atoms with van der Waals surface area (Å²) in [6.45, 7) is 7.35. The van der Waals surface area contributed by atoms with Crippen molar-refractivity contribution >= 4 is 12.2 Å². The number of nitrogens with one attached hydrogen (secondary N) is 1. The minimum atomic E-state index is -0.476. The van der Waals surface area contributed by atoms with Gasteiger partial charge in [-0.15, -0.1) is 0 Å². The molecule has 1 heterocycles. The molecule has 1 unspecified atom stereocenters. The molecule has 0 spiro atoms. The van der Waals surface area contributed by atoms with Crippen molar-refractivity contribution in [1.82, 2.24) is 10.2 Å². The Hall–Kier alpha value is -2.24. The molecule has 6 heteroatoms. The van der Waals surface area contributed by atoms with Gasteiger partial charge in [0.1, 0.15) is 12.2 Å². The predicted molar refractivity (Wildman–Crippen MR) is 102 cm³/mol. The van der Waals surface area contributed by atoms with Crippen LogP contribution in [0.4, 0.5) is 9.59 Å². The van der Waals surface area contributed by atoms with Crippen LogP contribution in [0.25, 0.3) is 0 Å². The minimum absolute atomic E-state index is 0.113. The molecule has 6 nitrogen and oxygen atoms in total. The number of hydrogen-bond donors (Lipinski definition) is 1. The van der Waals surface area contributed by atoms with Crippen molar-refractivity contribution in [2.45, 2.75) is 58.3 Å². The number of carbonyl (C=O) groups is 2. The average Bonchev–Trinajstić information content (AvgIpc) is 3.00. The molecule has 1 saturated carbocycles. The predicted octanol–water partition coefficient (Wildman–Crippen LogP) is 3.95. The SMILES string of the molecule is CC(C)(C)OC(=O)N1CC[C@H]2CC(NC(=O)OCc3ccccc3)C[C@H]2C1. The zero-order chi connectivity index (χ0) is 19.4. The van der Waals surface area contributed by atoms with Gasteiger partial charge in [0.15, 0.2) is 0 Å². The van der Waals surface area contributed by atoms with E-state index in [0.717, 1.165) is 31.4 Å². The van der Waals surface area contributed by atoms with Crippen molar-refractivity contribution < 1.29 is 19.1 Å². The van der Waals surface area contributed by atoms with E-state index in [1.807, 2.05) is 56.0 Å². The van der Waals surface area contributed by atoms with Gasteiger partial charge >= 0.3 is 12.2 Å². The molecule has 1 aromatic rings. The van der Waals surface area contributed by atoms with Gasteiger partial charge in [-0.05, 0) is 57.4 Å². The van der Waals surface area contributed by atoms with E-state index in [1.165, 1.54) is 0 Å². The number of carbonyl (C=O) groups excluding carboxylic acids is 2. The molecule has 1 aliphatic carbocycles. The standard InChI is InChI=1S/C21H30N2O4/c1-21(2,3)27-20(25)23-10-9-16-11-18(12-17(16)13-23)22-19(24)26-14-15-7-5-4-6-8-15/h4-8,16-18H,9-14H2,1-3H3,(H,22,24)/t16-,17-,18?/m0/s1. The van der Waals surface area contributed by atoms with Crippen molar-refractivity contribution in [3.8, 4) is 0 Å². The van der Waals surface area contributed by atoms with E-state index < -0.39 is 5.60 Å². The summed E-state index contributed by atoms with van der Waals surface area (Å²) in [5.41, 5.74) is 0.497. The third-order valence-corrected chi connectivity index (χ3v) is 5.25. The molecule has 0 radical (unpaired) electrons. The number of amides is 2. The van der Waals surface area contributed by atoms with E-state index in [1.54, 1.807) is 0 Å². The monoisotopic (exact) mass is 374 g/mol. The fourth-order valence-electron chi connectivity index (χ4n) is 4.03. The summed E-state index contributed by atoms with van der Waals surface area (Å²) >= 11 is 0. The van der Waals surface area contributed by atoms with E-state index in [-0.39, 0.29) is 24.8 Å². The second kappa shape index (κ2) is 8.19. The fourth-order valence-corrected chi connectivity index (χ4v) is 4.03. The molecule has 2 aliphatic rings. The summed E-state index contributed by atoms with van der Waals surface area (Å²) in [6, 6.07) is 9.76. The van der Waals surface area contributed by atoms with E-state index in [0.29, 0.717) is 18.4 Å². The molecule has 0 bridgehead atoms. The van der Waals surface area contributed by atoms with Crippen molar-refractivity contribution in [3.63, 3.8) is 0 Å². The summed E-state index contributed by atoms with van der Waals surface area (Å²) < 4.78 is 10.8. The van der Waals surface area contributed by atoms with E-state index in [9.17, 15) is 9.59 Å². The fraction of sp³-hybridized carbons (Fsp3) is 0.619. The molecular weight excluding hydrogens is 344 g/mol. The van der Waals surface area contributed by atoms with E-state index >= 15 is 0 Å². The zero-order valence-electron chi connectivity index (χ0n) is 16.4. The van der Waals surface area contributed by atoms with Gasteiger partial charge in [0.2, 0.25) is 0 Å². The molecule has 1 N–H and O–H groups in total. The maximum absolute atomic E-state index is 12.3. The molecule has 148 valence electrons. The molecule has 3 rings (SSSR count). The highest BCUT2D eigenvalue weighted by Gasteiger charge is 2.40. The van der Waals surface area contributed by atoms with Crippen molar-refractivity contribution in [1.29, 1.82) is 0 Å². The Morgan fingerprint density at radius 2 is 1.85 bits per heavy atom. The maximum Gasteiger partial charge on any atom is 0.410 e. The largest absolute Gasteiger partial charge is 0.445 e. The van der Waals surface area contributed by atoms with Gasteiger partial charge in [0.05, 0.1) is 0 Å². The van der Waals surface area contributed by atoms with Crippen LogP contribution in [-0.4, -0.2) is 41.8 Å². The lowest BCUT2D eigenvalue weighted by Crippen LogP contribution is -2.44. The first-order valence-corrected chi connectivity index (χ1v) is 9.75. The van der Waals surface area contributed by atoms with Gasteiger partial charge in [-0.3, -0.25) is 0 Å². The highest BCUT2D eigenvalue weighted by atomic mass is 16.6. The second-order valence-corrected chi connectivity index (χ2v) is 8.61. The molecule has 0 aromatic heterocycles. The Balaban J connectivity index is 1.44. The number of rotatable bonds is 3. The third kappa shape index (κ3) is 5.62. The summed E-state index contributed by atoms with van der Waals surface area (Å²) in [6.07, 6.45) is 2.19. The van der Waals surface area contributed by atoms with Gasteiger partial charge in [-0.2, -0.15) is 0 Å². The Morgan fingerprint density at radius 3 is 2.56 bits per heavy atom. The van der Waals surface area contributed by atoms with E-state index in [2.05, 4.69) is 5.32 Å². The second-order valence-electron chi connectivity index (χ2n) is 8.61. The van der Waals surface area contributed by atoms with Crippen molar-refractivity contribution in [3.05, 3.63) is 35.9 Å². The maximum atomic E-state index is 12.3. The number of benzene rings is 1. The van der Waals surface area contributed by atoms with Crippen LogP contribution in [0.5, 0.6) is 0 Å². The van der Waals surface area contributed by atoms with Crippen LogP contribution in [0.3, 0.4) is 0 Å². The quantitative estimate of drug-likeness (QED) is 0.870. The number of likely N-dealkylation sites (tertiary alicyclic amines) is 1. The lowest BCUT2D eigenvalue weighted by molar-refractivity contribution is 0.0127. The smallest absolute Gasteiger partial charge is 0.410 e. The van der Waals surface area contributed by atoms with Crippen molar-refractivity contribution in [2.75, 3.05) is 13.1 Å². The van der Waals surface area contributed by atoms with Gasteiger partial charge in [-0.25, -0.2) is 9.59 Å². The summed E-state index contributed by atoms with van der Waals surface area (Å²) in [5.74, 6) is 0.953. The highest BCUT2D eigenvalue weighted by molar-refractivity contribution is 5.68. The minimum Gasteiger partial charge on any atom is -0.445 e. The van der Waals surface area contributed by atoms with Gasteiger partial charge < -0.3 is 19.7 Å². The Morgan fingerprint density at radius 1 is 1.15 bits per heavy atom. The molecule has 1 aliphatic heterocycles.